The second-order valence-corrected chi connectivity index (χ2v) is 4.35. The Labute approximate surface area is 114 Å². The van der Waals surface area contributed by atoms with Gasteiger partial charge in [-0.2, -0.15) is 0 Å². The van der Waals surface area contributed by atoms with Crippen LogP contribution in [0.4, 0.5) is 0 Å². The fraction of sp³-hybridized carbons (Fsp3) is 0.500. The number of aromatic nitrogens is 1. The first kappa shape index (κ1) is 15.7. The minimum Gasteiger partial charge on any atom is -0.481 e. The molecule has 1 amide bonds. The van der Waals surface area contributed by atoms with E-state index in [1.54, 1.807) is 13.8 Å². The van der Waals surface area contributed by atoms with E-state index in [9.17, 15) is 14.4 Å². The Morgan fingerprint density at radius 1 is 1.30 bits per heavy atom. The number of rotatable bonds is 7. The number of carboxylic acids is 2. The maximum Gasteiger partial charge on any atom is 0.326 e. The van der Waals surface area contributed by atoms with Gasteiger partial charge in [-0.25, -0.2) is 4.79 Å². The van der Waals surface area contributed by atoms with E-state index in [0.29, 0.717) is 11.5 Å². The Morgan fingerprint density at radius 3 is 2.40 bits per heavy atom. The van der Waals surface area contributed by atoms with E-state index in [1.807, 2.05) is 0 Å². The molecule has 0 unspecified atom stereocenters. The molecule has 1 aromatic heterocycles. The van der Waals surface area contributed by atoms with Crippen LogP contribution in [0.3, 0.4) is 0 Å². The van der Waals surface area contributed by atoms with Crippen LogP contribution in [0.2, 0.25) is 0 Å². The number of nitrogens with one attached hydrogen (secondary N) is 1. The zero-order valence-electron chi connectivity index (χ0n) is 11.2. The van der Waals surface area contributed by atoms with Crippen molar-refractivity contribution in [3.8, 4) is 0 Å². The van der Waals surface area contributed by atoms with E-state index in [2.05, 4.69) is 10.5 Å². The molecule has 0 aliphatic heterocycles. The maximum atomic E-state index is 12.0. The first-order valence-corrected chi connectivity index (χ1v) is 6.01. The lowest BCUT2D eigenvalue weighted by Crippen LogP contribution is -2.41. The highest BCUT2D eigenvalue weighted by Crippen LogP contribution is 2.13. The fourth-order valence-electron chi connectivity index (χ4n) is 1.75. The minimum absolute atomic E-state index is 0.0384. The Morgan fingerprint density at radius 2 is 1.95 bits per heavy atom. The molecule has 0 radical (unpaired) electrons. The number of nitrogens with zero attached hydrogens (tertiary/aromatic N) is 1. The first-order valence-electron chi connectivity index (χ1n) is 6.01. The molecule has 0 saturated heterocycles. The highest BCUT2D eigenvalue weighted by Gasteiger charge is 2.24. The summed E-state index contributed by atoms with van der Waals surface area (Å²) >= 11 is 0. The summed E-state index contributed by atoms with van der Waals surface area (Å²) in [4.78, 5) is 33.4. The van der Waals surface area contributed by atoms with Gasteiger partial charge in [0.1, 0.15) is 17.4 Å². The Hall–Kier alpha value is -2.38. The predicted octanol–water partition coefficient (Wildman–Crippen LogP) is 0.729. The van der Waals surface area contributed by atoms with Crippen molar-refractivity contribution in [3.05, 3.63) is 17.0 Å². The molecule has 0 bridgehead atoms. The van der Waals surface area contributed by atoms with Gasteiger partial charge in [-0.1, -0.05) is 5.16 Å². The molecule has 0 aromatic carbocycles. The molecule has 8 nitrogen and oxygen atoms in total. The molecule has 0 fully saturated rings. The second kappa shape index (κ2) is 6.69. The van der Waals surface area contributed by atoms with Crippen LogP contribution in [-0.4, -0.2) is 39.3 Å². The van der Waals surface area contributed by atoms with Gasteiger partial charge in [0.2, 0.25) is 0 Å². The van der Waals surface area contributed by atoms with Gasteiger partial charge in [-0.05, 0) is 26.7 Å². The topological polar surface area (TPSA) is 130 Å². The van der Waals surface area contributed by atoms with Crippen LogP contribution in [0.15, 0.2) is 4.52 Å². The molecule has 0 aliphatic carbocycles. The smallest absolute Gasteiger partial charge is 0.326 e. The summed E-state index contributed by atoms with van der Waals surface area (Å²) in [7, 11) is 0. The van der Waals surface area contributed by atoms with Gasteiger partial charge in [0.15, 0.2) is 0 Å². The number of carboxylic acid groups (broad SMARTS) is 2. The third-order valence-electron chi connectivity index (χ3n) is 2.75. The molecule has 1 heterocycles. The second-order valence-electron chi connectivity index (χ2n) is 4.35. The zero-order valence-corrected chi connectivity index (χ0v) is 11.2. The molecular weight excluding hydrogens is 268 g/mol. The predicted molar refractivity (Wildman–Crippen MR) is 66.4 cm³/mol. The van der Waals surface area contributed by atoms with Crippen LogP contribution >= 0.6 is 0 Å². The van der Waals surface area contributed by atoms with Gasteiger partial charge in [0.05, 0.1) is 5.69 Å². The largest absolute Gasteiger partial charge is 0.481 e. The van der Waals surface area contributed by atoms with Crippen LogP contribution in [-0.2, 0) is 9.59 Å². The van der Waals surface area contributed by atoms with E-state index >= 15 is 0 Å². The minimum atomic E-state index is -1.21. The molecule has 1 rings (SSSR count). The van der Waals surface area contributed by atoms with Gasteiger partial charge in [-0.15, -0.1) is 0 Å². The summed E-state index contributed by atoms with van der Waals surface area (Å²) in [5.41, 5.74) is 0.573. The van der Waals surface area contributed by atoms with E-state index in [1.165, 1.54) is 0 Å². The SMILES string of the molecule is Cc1noc(C)c1C(=O)N[C@H](CCCC(=O)O)C(=O)O. The van der Waals surface area contributed by atoms with Crippen molar-refractivity contribution in [3.63, 3.8) is 0 Å². The molecule has 20 heavy (non-hydrogen) atoms. The Bertz CT molecular complexity index is 503. The van der Waals surface area contributed by atoms with Crippen molar-refractivity contribution >= 4 is 17.8 Å². The van der Waals surface area contributed by atoms with Crippen molar-refractivity contribution in [1.29, 1.82) is 0 Å². The van der Waals surface area contributed by atoms with Crippen LogP contribution in [0, 0.1) is 13.8 Å². The lowest BCUT2D eigenvalue weighted by molar-refractivity contribution is -0.140. The zero-order chi connectivity index (χ0) is 15.3. The summed E-state index contributed by atoms with van der Waals surface area (Å²) in [6.45, 7) is 3.13. The molecule has 1 atom stereocenters. The average Bonchev–Trinajstić information content (AvgIpc) is 2.67. The molecule has 0 spiro atoms. The van der Waals surface area contributed by atoms with Crippen molar-refractivity contribution < 1.29 is 29.1 Å². The lowest BCUT2D eigenvalue weighted by Gasteiger charge is -2.13. The summed E-state index contributed by atoms with van der Waals surface area (Å²) in [5, 5.41) is 23.5. The monoisotopic (exact) mass is 284 g/mol. The number of aliphatic carboxylic acids is 2. The van der Waals surface area contributed by atoms with Gasteiger partial charge < -0.3 is 20.1 Å². The van der Waals surface area contributed by atoms with Crippen LogP contribution in [0.1, 0.15) is 41.1 Å². The van der Waals surface area contributed by atoms with Gasteiger partial charge in [0.25, 0.3) is 5.91 Å². The van der Waals surface area contributed by atoms with E-state index in [-0.39, 0.29) is 24.8 Å². The third-order valence-corrected chi connectivity index (χ3v) is 2.75. The number of carbonyl (C=O) groups is 3. The van der Waals surface area contributed by atoms with E-state index in [4.69, 9.17) is 14.7 Å². The standard InChI is InChI=1S/C12H16N2O6/c1-6-10(7(2)20-14-6)11(17)13-8(12(18)19)4-3-5-9(15)16/h8H,3-5H2,1-2H3,(H,13,17)(H,15,16)(H,18,19)/t8-/m1/s1. The molecule has 0 saturated carbocycles. The molecule has 110 valence electrons. The van der Waals surface area contributed by atoms with Gasteiger partial charge >= 0.3 is 11.9 Å². The van der Waals surface area contributed by atoms with Gasteiger partial charge in [0, 0.05) is 6.42 Å². The first-order chi connectivity index (χ1) is 9.32. The van der Waals surface area contributed by atoms with Crippen molar-refractivity contribution in [1.82, 2.24) is 10.5 Å². The van der Waals surface area contributed by atoms with Crippen molar-refractivity contribution in [2.24, 2.45) is 0 Å². The van der Waals surface area contributed by atoms with Crippen molar-refractivity contribution in [2.75, 3.05) is 0 Å². The quantitative estimate of drug-likeness (QED) is 0.672. The summed E-state index contributed by atoms with van der Waals surface area (Å²) in [5.74, 6) is -2.51. The molecule has 0 aliphatic rings. The van der Waals surface area contributed by atoms with Crippen molar-refractivity contribution in [2.45, 2.75) is 39.2 Å². The third kappa shape index (κ3) is 4.08. The maximum absolute atomic E-state index is 12.0. The number of hydrogen-bond donors (Lipinski definition) is 3. The van der Waals surface area contributed by atoms with Crippen LogP contribution in [0.5, 0.6) is 0 Å². The number of hydrogen-bond acceptors (Lipinski definition) is 5. The van der Waals surface area contributed by atoms with Crippen LogP contribution in [0.25, 0.3) is 0 Å². The van der Waals surface area contributed by atoms with E-state index in [0.717, 1.165) is 0 Å². The van der Waals surface area contributed by atoms with Gasteiger partial charge in [-0.3, -0.25) is 9.59 Å². The molecule has 1 aromatic rings. The normalized spacial score (nSPS) is 11.9. The lowest BCUT2D eigenvalue weighted by atomic mass is 10.1. The Balaban J connectivity index is 2.68. The summed E-state index contributed by atoms with van der Waals surface area (Å²) < 4.78 is 4.84. The van der Waals surface area contributed by atoms with E-state index < -0.39 is 23.9 Å². The molecular formula is C12H16N2O6. The molecule has 8 heteroatoms. The number of amides is 1. The number of aryl methyl sites for hydroxylation is 2. The number of carbonyl (C=O) groups excluding carboxylic acids is 1. The highest BCUT2D eigenvalue weighted by molar-refractivity contribution is 5.98. The highest BCUT2D eigenvalue weighted by atomic mass is 16.5. The Kier molecular flexibility index (Phi) is 5.24. The van der Waals surface area contributed by atoms with Crippen LogP contribution < -0.4 is 5.32 Å². The molecule has 3 N–H and O–H groups in total. The summed E-state index contributed by atoms with van der Waals surface area (Å²) in [6.07, 6.45) is 0.0515. The fourth-order valence-corrected chi connectivity index (χ4v) is 1.75. The average molecular weight is 284 g/mol. The summed E-state index contributed by atoms with van der Waals surface area (Å²) in [6, 6.07) is -1.14.